The van der Waals surface area contributed by atoms with Gasteiger partial charge in [0.2, 0.25) is 0 Å². The summed E-state index contributed by atoms with van der Waals surface area (Å²) in [6, 6.07) is 7.52. The molecule has 3 rings (SSSR count). The van der Waals surface area contributed by atoms with Gasteiger partial charge in [-0.15, -0.1) is 0 Å². The van der Waals surface area contributed by atoms with Gasteiger partial charge in [0.05, 0.1) is 6.20 Å². The Morgan fingerprint density at radius 1 is 0.786 bits per heavy atom. The molecule has 0 amide bonds. The number of nitrogens with zero attached hydrogens (tertiary/aromatic N) is 4. The molecule has 0 saturated heterocycles. The highest BCUT2D eigenvalue weighted by molar-refractivity contribution is 5.89. The van der Waals surface area contributed by atoms with Crippen LogP contribution in [0.2, 0.25) is 0 Å². The van der Waals surface area contributed by atoms with Crippen LogP contribution in [0.1, 0.15) is 33.4 Å². The van der Waals surface area contributed by atoms with E-state index in [1.807, 2.05) is 52.0 Å². The average molecular weight is 374 g/mol. The van der Waals surface area contributed by atoms with Gasteiger partial charge in [0.25, 0.3) is 0 Å². The minimum atomic E-state index is 0.189. The molecule has 0 atom stereocenters. The van der Waals surface area contributed by atoms with E-state index in [0.717, 1.165) is 22.3 Å². The highest BCUT2D eigenvalue weighted by atomic mass is 16.3. The van der Waals surface area contributed by atoms with Crippen LogP contribution < -0.4 is 0 Å². The number of hydrogen-bond acceptors (Lipinski definition) is 6. The zero-order chi connectivity index (χ0) is 20.3. The highest BCUT2D eigenvalue weighted by Gasteiger charge is 2.07. The molecule has 28 heavy (non-hydrogen) atoms. The highest BCUT2D eigenvalue weighted by Crippen LogP contribution is 2.27. The van der Waals surface area contributed by atoms with E-state index < -0.39 is 0 Å². The number of rotatable bonds is 4. The van der Waals surface area contributed by atoms with E-state index in [1.54, 1.807) is 18.6 Å². The maximum absolute atomic E-state index is 10.2. The molecule has 2 N–H and O–H groups in total. The number of phenols is 2. The van der Waals surface area contributed by atoms with Gasteiger partial charge in [0.15, 0.2) is 5.82 Å². The zero-order valence-corrected chi connectivity index (χ0v) is 16.3. The van der Waals surface area contributed by atoms with E-state index in [4.69, 9.17) is 0 Å². The van der Waals surface area contributed by atoms with Crippen LogP contribution in [0.25, 0.3) is 0 Å². The smallest absolute Gasteiger partial charge is 0.181 e. The number of aromatic nitrogens is 2. The molecular weight excluding hydrogens is 352 g/mol. The molecular formula is C22H22N4O2. The van der Waals surface area contributed by atoms with E-state index in [2.05, 4.69) is 20.0 Å². The Morgan fingerprint density at radius 2 is 1.32 bits per heavy atom. The first-order valence-corrected chi connectivity index (χ1v) is 8.83. The third-order valence-corrected chi connectivity index (χ3v) is 4.29. The van der Waals surface area contributed by atoms with Crippen molar-refractivity contribution in [2.45, 2.75) is 27.7 Å². The van der Waals surface area contributed by atoms with Crippen LogP contribution in [0, 0.1) is 27.7 Å². The van der Waals surface area contributed by atoms with Crippen molar-refractivity contribution in [3.05, 3.63) is 70.2 Å². The fraction of sp³-hybridized carbons (Fsp3) is 0.182. The monoisotopic (exact) mass is 374 g/mol. The molecule has 0 bridgehead atoms. The molecule has 0 fully saturated rings. The van der Waals surface area contributed by atoms with Crippen LogP contribution in [-0.4, -0.2) is 32.6 Å². The van der Waals surface area contributed by atoms with E-state index in [9.17, 15) is 10.2 Å². The molecule has 0 aliphatic rings. The quantitative estimate of drug-likeness (QED) is 0.652. The molecule has 0 radical (unpaired) electrons. The Labute approximate surface area is 164 Å². The molecule has 0 aliphatic carbocycles. The van der Waals surface area contributed by atoms with Crippen LogP contribution in [-0.2, 0) is 0 Å². The summed E-state index contributed by atoms with van der Waals surface area (Å²) in [4.78, 5) is 17.0. The summed E-state index contributed by atoms with van der Waals surface area (Å²) >= 11 is 0. The number of hydrogen-bond donors (Lipinski definition) is 2. The summed E-state index contributed by atoms with van der Waals surface area (Å²) in [5.41, 5.74) is 5.32. The Hall–Kier alpha value is -3.54. The Morgan fingerprint density at radius 3 is 1.89 bits per heavy atom. The SMILES string of the molecule is Cc1cc(C)c(O)c(C=Nc2cncnc2N=Cc2cc(C)cc(C)c2O)c1. The van der Waals surface area contributed by atoms with Crippen LogP contribution in [0.5, 0.6) is 11.5 Å². The second kappa shape index (κ2) is 8.00. The molecule has 0 saturated carbocycles. The molecule has 2 aromatic carbocycles. The fourth-order valence-corrected chi connectivity index (χ4v) is 2.96. The van der Waals surface area contributed by atoms with Crippen molar-refractivity contribution in [1.82, 2.24) is 9.97 Å². The van der Waals surface area contributed by atoms with Gasteiger partial charge in [0.1, 0.15) is 23.5 Å². The van der Waals surface area contributed by atoms with E-state index in [-0.39, 0.29) is 11.5 Å². The number of phenolic OH excluding ortho intramolecular Hbond substituents is 2. The fourth-order valence-electron chi connectivity index (χ4n) is 2.96. The van der Waals surface area contributed by atoms with Crippen molar-refractivity contribution in [2.24, 2.45) is 9.98 Å². The topological polar surface area (TPSA) is 91.0 Å². The average Bonchev–Trinajstić information content (AvgIpc) is 2.65. The number of aryl methyl sites for hydroxylation is 4. The van der Waals surface area contributed by atoms with Gasteiger partial charge in [-0.05, 0) is 62.1 Å². The van der Waals surface area contributed by atoms with Crippen molar-refractivity contribution in [3.8, 4) is 11.5 Å². The summed E-state index contributed by atoms with van der Waals surface area (Å²) in [5.74, 6) is 0.749. The maximum Gasteiger partial charge on any atom is 0.181 e. The lowest BCUT2D eigenvalue weighted by atomic mass is 10.1. The summed E-state index contributed by atoms with van der Waals surface area (Å²) in [6.07, 6.45) is 6.07. The molecule has 3 aromatic rings. The normalized spacial score (nSPS) is 11.6. The molecule has 142 valence electrons. The van der Waals surface area contributed by atoms with E-state index in [1.165, 1.54) is 6.33 Å². The molecule has 0 aliphatic heterocycles. The van der Waals surface area contributed by atoms with Gasteiger partial charge in [-0.25, -0.2) is 15.0 Å². The molecule has 6 heteroatoms. The van der Waals surface area contributed by atoms with Gasteiger partial charge in [-0.3, -0.25) is 4.99 Å². The first kappa shape index (κ1) is 19.2. The summed E-state index contributed by atoms with van der Waals surface area (Å²) in [6.45, 7) is 7.61. The Balaban J connectivity index is 1.95. The van der Waals surface area contributed by atoms with Crippen LogP contribution in [0.4, 0.5) is 11.5 Å². The lowest BCUT2D eigenvalue weighted by molar-refractivity contribution is 0.469. The second-order valence-electron chi connectivity index (χ2n) is 6.79. The molecule has 0 unspecified atom stereocenters. The van der Waals surface area contributed by atoms with Gasteiger partial charge in [-0.2, -0.15) is 0 Å². The van der Waals surface area contributed by atoms with Crippen LogP contribution in [0.3, 0.4) is 0 Å². The minimum Gasteiger partial charge on any atom is -0.507 e. The standard InChI is InChI=1S/C22H22N4O2/c1-13-5-15(3)20(27)17(7-13)9-24-19-11-23-12-26-22(19)25-10-18-8-14(2)6-16(4)21(18)28/h5-12,27-28H,1-4H3. The minimum absolute atomic E-state index is 0.189. The van der Waals surface area contributed by atoms with Crippen molar-refractivity contribution < 1.29 is 10.2 Å². The molecule has 1 aromatic heterocycles. The van der Waals surface area contributed by atoms with E-state index in [0.29, 0.717) is 22.6 Å². The van der Waals surface area contributed by atoms with E-state index >= 15 is 0 Å². The van der Waals surface area contributed by atoms with Crippen molar-refractivity contribution in [1.29, 1.82) is 0 Å². The lowest BCUT2D eigenvalue weighted by Crippen LogP contribution is -1.89. The zero-order valence-electron chi connectivity index (χ0n) is 16.3. The third-order valence-electron chi connectivity index (χ3n) is 4.29. The Kier molecular flexibility index (Phi) is 5.49. The van der Waals surface area contributed by atoms with Gasteiger partial charge in [0, 0.05) is 23.6 Å². The number of benzene rings is 2. The lowest BCUT2D eigenvalue weighted by Gasteiger charge is -2.06. The number of aliphatic imine (C=N–C) groups is 2. The first-order valence-electron chi connectivity index (χ1n) is 8.83. The van der Waals surface area contributed by atoms with Crippen molar-refractivity contribution >= 4 is 23.9 Å². The van der Waals surface area contributed by atoms with Crippen LogP contribution in [0.15, 0.2) is 46.8 Å². The summed E-state index contributed by atoms with van der Waals surface area (Å²) in [7, 11) is 0. The summed E-state index contributed by atoms with van der Waals surface area (Å²) in [5, 5.41) is 20.4. The number of aromatic hydroxyl groups is 2. The van der Waals surface area contributed by atoms with Crippen molar-refractivity contribution in [3.63, 3.8) is 0 Å². The third kappa shape index (κ3) is 4.23. The molecule has 6 nitrogen and oxygen atoms in total. The molecule has 0 spiro atoms. The molecule has 1 heterocycles. The second-order valence-corrected chi connectivity index (χ2v) is 6.79. The van der Waals surface area contributed by atoms with Crippen molar-refractivity contribution in [2.75, 3.05) is 0 Å². The van der Waals surface area contributed by atoms with Gasteiger partial charge < -0.3 is 10.2 Å². The van der Waals surface area contributed by atoms with Crippen LogP contribution >= 0.6 is 0 Å². The summed E-state index contributed by atoms with van der Waals surface area (Å²) < 4.78 is 0. The van der Waals surface area contributed by atoms with Gasteiger partial charge >= 0.3 is 0 Å². The first-order chi connectivity index (χ1) is 13.3. The predicted molar refractivity (Wildman–Crippen MR) is 112 cm³/mol. The van der Waals surface area contributed by atoms with Gasteiger partial charge in [-0.1, -0.05) is 12.1 Å². The predicted octanol–water partition coefficient (Wildman–Crippen LogP) is 4.62. The Bertz CT molecular complexity index is 1000. The largest absolute Gasteiger partial charge is 0.507 e. The maximum atomic E-state index is 10.2.